The Morgan fingerprint density at radius 3 is 2.61 bits per heavy atom. The first-order valence-electron chi connectivity index (χ1n) is 10.4. The number of imidazole rings is 1. The topological polar surface area (TPSA) is 105 Å². The number of carbonyl (C=O) groups is 1. The molecule has 0 radical (unpaired) electrons. The number of nitrogens with zero attached hydrogens (tertiary/aromatic N) is 4. The number of benzene rings is 2. The number of aryl methyl sites for hydroxylation is 2. The van der Waals surface area contributed by atoms with E-state index in [-0.39, 0.29) is 5.92 Å². The third-order valence-corrected chi connectivity index (χ3v) is 6.46. The highest BCUT2D eigenvalue weighted by Crippen LogP contribution is 2.38. The van der Waals surface area contributed by atoms with Crippen LogP contribution < -0.4 is 15.2 Å². The van der Waals surface area contributed by atoms with Gasteiger partial charge in [0.05, 0.1) is 19.1 Å². The predicted octanol–water partition coefficient (Wildman–Crippen LogP) is 4.12. The zero-order valence-electron chi connectivity index (χ0n) is 18.7. The fourth-order valence-corrected chi connectivity index (χ4v) is 4.53. The largest absolute Gasteiger partial charge is 0.497 e. The highest BCUT2D eigenvalue weighted by atomic mass is 32.2. The maximum atomic E-state index is 11.0. The number of hydrogen-bond donors (Lipinski definition) is 1. The van der Waals surface area contributed by atoms with Gasteiger partial charge in [0, 0.05) is 12.5 Å². The van der Waals surface area contributed by atoms with Gasteiger partial charge in [-0.3, -0.25) is 0 Å². The van der Waals surface area contributed by atoms with Crippen LogP contribution >= 0.6 is 11.8 Å². The van der Waals surface area contributed by atoms with E-state index in [0.29, 0.717) is 23.5 Å². The molecule has 0 bridgehead atoms. The smallest absolute Gasteiger partial charge is 0.175 e. The Labute approximate surface area is 196 Å². The van der Waals surface area contributed by atoms with Gasteiger partial charge in [-0.05, 0) is 47.5 Å². The number of hydrogen-bond acceptors (Lipinski definition) is 8. The van der Waals surface area contributed by atoms with Gasteiger partial charge in [-0.25, -0.2) is 15.0 Å². The summed E-state index contributed by atoms with van der Waals surface area (Å²) in [5, 5.41) is 0.731. The van der Waals surface area contributed by atoms with E-state index in [4.69, 9.17) is 20.2 Å². The Kier molecular flexibility index (Phi) is 6.79. The molecule has 1 unspecified atom stereocenters. The van der Waals surface area contributed by atoms with Crippen molar-refractivity contribution in [3.8, 4) is 11.5 Å². The molecule has 0 aliphatic heterocycles. The zero-order valence-corrected chi connectivity index (χ0v) is 19.5. The van der Waals surface area contributed by atoms with Crippen molar-refractivity contribution in [3.05, 3.63) is 59.9 Å². The number of anilines is 1. The van der Waals surface area contributed by atoms with Crippen molar-refractivity contribution in [1.29, 1.82) is 0 Å². The van der Waals surface area contributed by atoms with E-state index >= 15 is 0 Å². The molecule has 2 heterocycles. The molecule has 0 aliphatic rings. The first-order chi connectivity index (χ1) is 16.0. The molecule has 4 rings (SSSR count). The Morgan fingerprint density at radius 2 is 1.91 bits per heavy atom. The molecule has 0 spiro atoms. The third kappa shape index (κ3) is 4.78. The summed E-state index contributed by atoms with van der Waals surface area (Å²) in [6.45, 7) is 2.53. The number of nitrogen functional groups attached to an aromatic ring is 1. The van der Waals surface area contributed by atoms with Crippen molar-refractivity contribution in [1.82, 2.24) is 19.5 Å². The minimum absolute atomic E-state index is 0.114. The number of aldehydes is 1. The quantitative estimate of drug-likeness (QED) is 0.370. The normalized spacial score (nSPS) is 12.0. The summed E-state index contributed by atoms with van der Waals surface area (Å²) in [6, 6.07) is 13.7. The summed E-state index contributed by atoms with van der Waals surface area (Å²) in [7, 11) is 3.26. The first kappa shape index (κ1) is 22.6. The maximum Gasteiger partial charge on any atom is 0.175 e. The van der Waals surface area contributed by atoms with Crippen LogP contribution in [0, 0.1) is 0 Å². The average molecular weight is 464 g/mol. The van der Waals surface area contributed by atoms with E-state index in [9.17, 15) is 4.79 Å². The summed E-state index contributed by atoms with van der Waals surface area (Å²) in [6.07, 6.45) is 3.16. The summed E-state index contributed by atoms with van der Waals surface area (Å²) >= 11 is 1.46. The van der Waals surface area contributed by atoms with Gasteiger partial charge in [-0.2, -0.15) is 0 Å². The number of carbonyl (C=O) groups excluding carboxylic acids is 1. The van der Waals surface area contributed by atoms with Gasteiger partial charge in [-0.15, -0.1) is 0 Å². The molecular weight excluding hydrogens is 438 g/mol. The van der Waals surface area contributed by atoms with E-state index in [1.807, 2.05) is 41.8 Å². The number of methoxy groups -OCH3 is 2. The molecule has 0 fully saturated rings. The second kappa shape index (κ2) is 9.91. The predicted molar refractivity (Wildman–Crippen MR) is 128 cm³/mol. The lowest BCUT2D eigenvalue weighted by Gasteiger charge is -2.12. The molecule has 2 aromatic carbocycles. The van der Waals surface area contributed by atoms with Crippen LogP contribution in [0.5, 0.6) is 11.5 Å². The molecule has 2 aromatic heterocycles. The lowest BCUT2D eigenvalue weighted by molar-refractivity contribution is -0.108. The van der Waals surface area contributed by atoms with Gasteiger partial charge in [0.1, 0.15) is 24.1 Å². The summed E-state index contributed by atoms with van der Waals surface area (Å²) in [4.78, 5) is 25.2. The molecule has 2 N–H and O–H groups in total. The molecule has 33 heavy (non-hydrogen) atoms. The molecule has 170 valence electrons. The molecule has 0 amide bonds. The fourth-order valence-electron chi connectivity index (χ4n) is 3.48. The minimum Gasteiger partial charge on any atom is -0.497 e. The first-order valence-corrected chi connectivity index (χ1v) is 11.3. The van der Waals surface area contributed by atoms with Crippen LogP contribution in [0.25, 0.3) is 11.2 Å². The van der Waals surface area contributed by atoms with Crippen molar-refractivity contribution >= 4 is 35.0 Å². The van der Waals surface area contributed by atoms with Gasteiger partial charge in [0.2, 0.25) is 0 Å². The molecular formula is C24H25N5O3S. The third-order valence-electron chi connectivity index (χ3n) is 5.43. The molecule has 1 atom stereocenters. The number of fused-ring (bicyclic) bond motifs is 1. The molecule has 0 aliphatic carbocycles. The van der Waals surface area contributed by atoms with Gasteiger partial charge >= 0.3 is 0 Å². The van der Waals surface area contributed by atoms with E-state index in [2.05, 4.69) is 22.1 Å². The summed E-state index contributed by atoms with van der Waals surface area (Å²) in [5.74, 6) is 1.67. The molecule has 0 saturated carbocycles. The lowest BCUT2D eigenvalue weighted by atomic mass is 10.0. The Hall–Kier alpha value is -3.59. The van der Waals surface area contributed by atoms with Crippen molar-refractivity contribution in [2.24, 2.45) is 0 Å². The van der Waals surface area contributed by atoms with Crippen LogP contribution in [-0.2, 0) is 17.8 Å². The molecule has 0 saturated heterocycles. The number of rotatable bonds is 9. The number of nitrogens with two attached hydrogens (primary N) is 1. The van der Waals surface area contributed by atoms with E-state index in [1.165, 1.54) is 18.1 Å². The van der Waals surface area contributed by atoms with Crippen molar-refractivity contribution in [3.63, 3.8) is 0 Å². The van der Waals surface area contributed by atoms with E-state index in [1.54, 1.807) is 14.2 Å². The number of aromatic nitrogens is 4. The summed E-state index contributed by atoms with van der Waals surface area (Å²) < 4.78 is 13.0. The fraction of sp³-hybridized carbons (Fsp3) is 0.250. The summed E-state index contributed by atoms with van der Waals surface area (Å²) in [5.41, 5.74) is 9.49. The zero-order chi connectivity index (χ0) is 23.4. The average Bonchev–Trinajstić information content (AvgIpc) is 3.20. The van der Waals surface area contributed by atoms with Crippen LogP contribution in [0.3, 0.4) is 0 Å². The van der Waals surface area contributed by atoms with Crippen LogP contribution in [0.1, 0.15) is 24.0 Å². The van der Waals surface area contributed by atoms with Gasteiger partial charge in [0.15, 0.2) is 22.1 Å². The highest BCUT2D eigenvalue weighted by molar-refractivity contribution is 7.99. The standard InChI is InChI=1S/C24H25N5O3S/c1-15(13-30)17-6-4-16(5-7-17)10-11-29-23-21(22(25)26-14-27-23)28-24(29)33-20-12-18(31-2)8-9-19(20)32-3/h4-9,12-15H,10-11H2,1-3H3,(H2,25,26,27). The Morgan fingerprint density at radius 1 is 1.12 bits per heavy atom. The lowest BCUT2D eigenvalue weighted by Crippen LogP contribution is -2.05. The van der Waals surface area contributed by atoms with Crippen molar-refractivity contribution in [2.75, 3.05) is 20.0 Å². The maximum absolute atomic E-state index is 11.0. The van der Waals surface area contributed by atoms with Crippen molar-refractivity contribution < 1.29 is 14.3 Å². The Balaban J connectivity index is 1.67. The van der Waals surface area contributed by atoms with Gasteiger partial charge in [-0.1, -0.05) is 31.2 Å². The second-order valence-electron chi connectivity index (χ2n) is 7.51. The second-order valence-corrected chi connectivity index (χ2v) is 8.52. The van der Waals surface area contributed by atoms with E-state index < -0.39 is 0 Å². The van der Waals surface area contributed by atoms with Gasteiger partial charge in [0.25, 0.3) is 0 Å². The van der Waals surface area contributed by atoms with Crippen LogP contribution in [-0.4, -0.2) is 40.0 Å². The van der Waals surface area contributed by atoms with Crippen molar-refractivity contribution in [2.45, 2.75) is 35.9 Å². The molecule has 4 aromatic rings. The molecule has 9 heteroatoms. The SMILES string of the molecule is COc1ccc(OC)c(Sc2nc3c(N)ncnc3n2CCc2ccc(C(C)C=O)cc2)c1. The Bertz CT molecular complexity index is 1270. The minimum atomic E-state index is -0.114. The highest BCUT2D eigenvalue weighted by Gasteiger charge is 2.18. The molecule has 8 nitrogen and oxygen atoms in total. The monoisotopic (exact) mass is 463 g/mol. The van der Waals surface area contributed by atoms with Gasteiger partial charge < -0.3 is 24.6 Å². The van der Waals surface area contributed by atoms with E-state index in [0.717, 1.165) is 45.4 Å². The van der Waals surface area contributed by atoms with Crippen LogP contribution in [0.2, 0.25) is 0 Å². The van der Waals surface area contributed by atoms with Crippen LogP contribution in [0.15, 0.2) is 58.8 Å². The number of ether oxygens (including phenoxy) is 2. The van der Waals surface area contributed by atoms with Crippen LogP contribution in [0.4, 0.5) is 5.82 Å².